The van der Waals surface area contributed by atoms with E-state index in [1.807, 2.05) is 0 Å². The molecule has 0 aliphatic heterocycles. The van der Waals surface area contributed by atoms with Crippen molar-refractivity contribution >= 4 is 27.6 Å². The summed E-state index contributed by atoms with van der Waals surface area (Å²) in [4.78, 5) is 33.9. The van der Waals surface area contributed by atoms with Crippen LogP contribution in [0.4, 0.5) is 11.6 Å². The first-order valence-electron chi connectivity index (χ1n) is 11.3. The van der Waals surface area contributed by atoms with Gasteiger partial charge in [0.15, 0.2) is 0 Å². The number of fused-ring (bicyclic) bond motifs is 1. The third-order valence-electron chi connectivity index (χ3n) is 6.02. The number of nitrogens with two attached hydrogens (primary N) is 1. The molecule has 1 aromatic carbocycles. The van der Waals surface area contributed by atoms with Gasteiger partial charge < -0.3 is 15.6 Å². The summed E-state index contributed by atoms with van der Waals surface area (Å²) in [6, 6.07) is 11.7. The van der Waals surface area contributed by atoms with E-state index < -0.39 is 15.6 Å². The fraction of sp³-hybridized carbons (Fsp3) is 0.333. The van der Waals surface area contributed by atoms with Gasteiger partial charge in [-0.3, -0.25) is 14.3 Å². The molecule has 0 saturated heterocycles. The highest BCUT2D eigenvalue weighted by atomic mass is 32.2. The molecule has 0 bridgehead atoms. The van der Waals surface area contributed by atoms with Gasteiger partial charge in [-0.2, -0.15) is 0 Å². The lowest BCUT2D eigenvalue weighted by molar-refractivity contribution is -0.121. The third-order valence-corrected chi connectivity index (χ3v) is 7.26. The van der Waals surface area contributed by atoms with Crippen LogP contribution in [0, 0.1) is 12.8 Å². The van der Waals surface area contributed by atoms with Crippen LogP contribution in [0.1, 0.15) is 28.9 Å². The van der Waals surface area contributed by atoms with Crippen LogP contribution < -0.4 is 21.3 Å². The first-order chi connectivity index (χ1) is 16.7. The molecule has 1 aliphatic carbocycles. The number of pyridine rings is 1. The van der Waals surface area contributed by atoms with E-state index in [9.17, 15) is 18.0 Å². The fourth-order valence-corrected chi connectivity index (χ4v) is 5.37. The molecule has 1 atom stereocenters. The average Bonchev–Trinajstić information content (AvgIpc) is 2.82. The van der Waals surface area contributed by atoms with Gasteiger partial charge in [0.2, 0.25) is 21.9 Å². The summed E-state index contributed by atoms with van der Waals surface area (Å²) in [5, 5.41) is 2.90. The Morgan fingerprint density at radius 1 is 1.20 bits per heavy atom. The minimum Gasteiger partial charge on any atom is -0.368 e. The predicted octanol–water partition coefficient (Wildman–Crippen LogP) is 1.39. The quantitative estimate of drug-likeness (QED) is 0.427. The average molecular weight is 497 g/mol. The van der Waals surface area contributed by atoms with Crippen LogP contribution in [0.3, 0.4) is 0 Å². The van der Waals surface area contributed by atoms with Gasteiger partial charge >= 0.3 is 0 Å². The number of amides is 1. The molecule has 4 N–H and O–H groups in total. The van der Waals surface area contributed by atoms with E-state index in [1.54, 1.807) is 49.5 Å². The summed E-state index contributed by atoms with van der Waals surface area (Å²) in [5.74, 6) is -0.0866. The maximum Gasteiger partial charge on any atom is 0.275 e. The number of nitrogen functional groups attached to an aromatic ring is 1. The number of hydrogen-bond acceptors (Lipinski definition) is 7. The van der Waals surface area contributed by atoms with Gasteiger partial charge in [0, 0.05) is 24.1 Å². The van der Waals surface area contributed by atoms with Crippen molar-refractivity contribution in [3.8, 4) is 0 Å². The van der Waals surface area contributed by atoms with Gasteiger partial charge in [0.25, 0.3) is 5.56 Å². The van der Waals surface area contributed by atoms with E-state index in [2.05, 4.69) is 20.0 Å². The Bertz CT molecular complexity index is 1390. The molecule has 3 aromatic rings. The number of sulfonamides is 1. The van der Waals surface area contributed by atoms with Crippen molar-refractivity contribution in [1.82, 2.24) is 19.9 Å². The standard InChI is InChI=1S/C24H28N6O4S/c1-16-7-9-21(29-35(33,34)15-17-5-3-2-4-6-17)23(32)30(16)14-22(31)26-12-18-8-10-20-19(11-18)13-27-24(25)28-20/h2-7,9,13,18,29H,8,10-12,14-15H2,1H3,(H,26,31)(H2,25,27,28). The van der Waals surface area contributed by atoms with Crippen molar-refractivity contribution < 1.29 is 13.2 Å². The van der Waals surface area contributed by atoms with E-state index in [1.165, 1.54) is 10.6 Å². The lowest BCUT2D eigenvalue weighted by Gasteiger charge is -2.24. The van der Waals surface area contributed by atoms with Gasteiger partial charge in [-0.1, -0.05) is 30.3 Å². The van der Waals surface area contributed by atoms with E-state index in [0.717, 1.165) is 30.5 Å². The SMILES string of the molecule is Cc1ccc(NS(=O)(=O)Cc2ccccc2)c(=O)n1CC(=O)NCC1CCc2nc(N)ncc2C1. The monoisotopic (exact) mass is 496 g/mol. The highest BCUT2D eigenvalue weighted by molar-refractivity contribution is 7.91. The second kappa shape index (κ2) is 10.3. The van der Waals surface area contributed by atoms with Crippen molar-refractivity contribution in [2.45, 2.75) is 38.5 Å². The number of aromatic nitrogens is 3. The van der Waals surface area contributed by atoms with Crippen molar-refractivity contribution in [3.63, 3.8) is 0 Å². The van der Waals surface area contributed by atoms with Crippen LogP contribution in [0.15, 0.2) is 53.5 Å². The smallest absolute Gasteiger partial charge is 0.275 e. The van der Waals surface area contributed by atoms with Crippen molar-refractivity contribution in [2.24, 2.45) is 5.92 Å². The molecule has 4 rings (SSSR count). The molecule has 10 nitrogen and oxygen atoms in total. The molecule has 184 valence electrons. The van der Waals surface area contributed by atoms with Crippen molar-refractivity contribution in [1.29, 1.82) is 0 Å². The Morgan fingerprint density at radius 3 is 2.74 bits per heavy atom. The molecule has 2 aromatic heterocycles. The number of carbonyl (C=O) groups excluding carboxylic acids is 1. The first kappa shape index (κ1) is 24.4. The summed E-state index contributed by atoms with van der Waals surface area (Å²) < 4.78 is 28.8. The molecule has 0 saturated carbocycles. The number of benzene rings is 1. The Kier molecular flexibility index (Phi) is 7.15. The number of carbonyl (C=O) groups is 1. The number of nitrogens with zero attached hydrogens (tertiary/aromatic N) is 3. The summed E-state index contributed by atoms with van der Waals surface area (Å²) in [6.07, 6.45) is 4.11. The zero-order chi connectivity index (χ0) is 25.0. The Labute approximate surface area is 203 Å². The molecule has 11 heteroatoms. The molecular weight excluding hydrogens is 468 g/mol. The Hall–Kier alpha value is -3.73. The van der Waals surface area contributed by atoms with Crippen LogP contribution in [-0.4, -0.2) is 35.4 Å². The molecule has 1 aliphatic rings. The molecule has 35 heavy (non-hydrogen) atoms. The zero-order valence-electron chi connectivity index (χ0n) is 19.4. The van der Waals surface area contributed by atoms with E-state index in [4.69, 9.17) is 5.73 Å². The van der Waals surface area contributed by atoms with Crippen LogP contribution in [0.2, 0.25) is 0 Å². The second-order valence-corrected chi connectivity index (χ2v) is 10.5. The topological polar surface area (TPSA) is 149 Å². The first-order valence-corrected chi connectivity index (χ1v) is 13.0. The van der Waals surface area contributed by atoms with Crippen molar-refractivity contribution in [2.75, 3.05) is 17.0 Å². The lowest BCUT2D eigenvalue weighted by atomic mass is 9.87. The van der Waals surface area contributed by atoms with Crippen LogP contribution in [0.5, 0.6) is 0 Å². The maximum absolute atomic E-state index is 13.0. The van der Waals surface area contributed by atoms with Crippen LogP contribution in [0.25, 0.3) is 0 Å². The van der Waals surface area contributed by atoms with Crippen LogP contribution in [-0.2, 0) is 40.0 Å². The third kappa shape index (κ3) is 6.24. The van der Waals surface area contributed by atoms with Gasteiger partial charge in [0.1, 0.15) is 12.2 Å². The summed E-state index contributed by atoms with van der Waals surface area (Å²) >= 11 is 0. The van der Waals surface area contributed by atoms with Gasteiger partial charge in [-0.05, 0) is 55.4 Å². The van der Waals surface area contributed by atoms with Crippen LogP contribution >= 0.6 is 0 Å². The number of aryl methyl sites for hydroxylation is 2. The number of rotatable bonds is 8. The van der Waals surface area contributed by atoms with E-state index >= 15 is 0 Å². The van der Waals surface area contributed by atoms with Crippen molar-refractivity contribution in [3.05, 3.63) is 81.5 Å². The molecule has 1 amide bonds. The lowest BCUT2D eigenvalue weighted by Crippen LogP contribution is -2.37. The summed E-state index contributed by atoms with van der Waals surface area (Å²) in [5.41, 5.74) is 8.12. The molecular formula is C24H28N6O4S. The maximum atomic E-state index is 13.0. The highest BCUT2D eigenvalue weighted by Gasteiger charge is 2.21. The number of anilines is 2. The molecule has 0 spiro atoms. The van der Waals surface area contributed by atoms with E-state index in [-0.39, 0.29) is 35.8 Å². The molecule has 2 heterocycles. The summed E-state index contributed by atoms with van der Waals surface area (Å²) in [6.45, 7) is 1.95. The fourth-order valence-electron chi connectivity index (χ4n) is 4.17. The van der Waals surface area contributed by atoms with E-state index in [0.29, 0.717) is 17.8 Å². The Morgan fingerprint density at radius 2 is 1.97 bits per heavy atom. The molecule has 0 radical (unpaired) electrons. The molecule has 0 fully saturated rings. The van der Waals surface area contributed by atoms with Gasteiger partial charge in [0.05, 0.1) is 5.75 Å². The predicted molar refractivity (Wildman–Crippen MR) is 133 cm³/mol. The minimum absolute atomic E-state index is 0.0949. The minimum atomic E-state index is -3.80. The highest BCUT2D eigenvalue weighted by Crippen LogP contribution is 2.23. The number of hydrogen-bond donors (Lipinski definition) is 3. The van der Waals surface area contributed by atoms with Gasteiger partial charge in [-0.15, -0.1) is 0 Å². The zero-order valence-corrected chi connectivity index (χ0v) is 20.2. The second-order valence-electron chi connectivity index (χ2n) is 8.74. The van der Waals surface area contributed by atoms with Gasteiger partial charge in [-0.25, -0.2) is 18.4 Å². The normalized spacial score (nSPS) is 15.3. The summed E-state index contributed by atoms with van der Waals surface area (Å²) in [7, 11) is -3.80. The Balaban J connectivity index is 1.38. The number of nitrogens with one attached hydrogen (secondary N) is 2. The largest absolute Gasteiger partial charge is 0.368 e. The molecule has 1 unspecified atom stereocenters.